The minimum absolute atomic E-state index is 0.146. The molecule has 1 N–H and O–H groups in total. The first kappa shape index (κ1) is 18.4. The number of hydrogen-bond acceptors (Lipinski definition) is 4. The van der Waals surface area contributed by atoms with Gasteiger partial charge in [0.15, 0.2) is 0 Å². The zero-order chi connectivity index (χ0) is 17.9. The Bertz CT molecular complexity index is 764. The molecule has 2 aromatic rings. The van der Waals surface area contributed by atoms with Gasteiger partial charge in [-0.3, -0.25) is 0 Å². The van der Waals surface area contributed by atoms with Gasteiger partial charge in [-0.2, -0.15) is 4.31 Å². The van der Waals surface area contributed by atoms with Gasteiger partial charge in [-0.15, -0.1) is 0 Å². The molecule has 0 aliphatic carbocycles. The van der Waals surface area contributed by atoms with Crippen LogP contribution in [0.25, 0.3) is 0 Å². The van der Waals surface area contributed by atoms with Gasteiger partial charge >= 0.3 is 0 Å². The molecule has 1 aromatic carbocycles. The Labute approximate surface area is 142 Å². The van der Waals surface area contributed by atoms with Gasteiger partial charge in [-0.05, 0) is 64.1 Å². The molecule has 5 nitrogen and oxygen atoms in total. The van der Waals surface area contributed by atoms with Crippen molar-refractivity contribution in [2.45, 2.75) is 44.7 Å². The first-order valence-corrected chi connectivity index (χ1v) is 9.18. The molecule has 0 fully saturated rings. The molecule has 0 aliphatic heterocycles. The molecule has 0 unspecified atom stereocenters. The van der Waals surface area contributed by atoms with Crippen molar-refractivity contribution in [3.05, 3.63) is 48.4 Å². The van der Waals surface area contributed by atoms with E-state index >= 15 is 0 Å². The Balaban J connectivity index is 2.23. The van der Waals surface area contributed by atoms with E-state index in [2.05, 4.69) is 10.3 Å². The van der Waals surface area contributed by atoms with E-state index in [4.69, 9.17) is 0 Å². The number of aromatic nitrogens is 1. The Kier molecular flexibility index (Phi) is 5.56. The molecular formula is C17H22FN3O2S. The summed E-state index contributed by atoms with van der Waals surface area (Å²) in [6, 6.07) is 8.66. The van der Waals surface area contributed by atoms with Crippen LogP contribution in [0.15, 0.2) is 47.5 Å². The minimum Gasteiger partial charge on any atom is -0.340 e. The second-order valence-corrected chi connectivity index (χ2v) is 7.88. The standard InChI is InChI=1S/C17H22FN3O2S/c1-12(2)21(13(3)4)24(22,23)16-9-10-17(19-11-16)20-15-7-5-14(18)6-8-15/h5-13H,1-4H3,(H,19,20). The highest BCUT2D eigenvalue weighted by atomic mass is 32.2. The third-order valence-corrected chi connectivity index (χ3v) is 5.68. The molecule has 1 heterocycles. The van der Waals surface area contributed by atoms with Gasteiger partial charge in [0.05, 0.1) is 0 Å². The highest BCUT2D eigenvalue weighted by molar-refractivity contribution is 7.89. The van der Waals surface area contributed by atoms with Crippen LogP contribution in [0.3, 0.4) is 0 Å². The smallest absolute Gasteiger partial charge is 0.245 e. The lowest BCUT2D eigenvalue weighted by molar-refractivity contribution is 0.302. The topological polar surface area (TPSA) is 62.3 Å². The summed E-state index contributed by atoms with van der Waals surface area (Å²) in [4.78, 5) is 4.30. The summed E-state index contributed by atoms with van der Waals surface area (Å²) in [7, 11) is -3.60. The zero-order valence-corrected chi connectivity index (χ0v) is 15.0. The van der Waals surface area contributed by atoms with E-state index in [1.165, 1.54) is 28.7 Å². The van der Waals surface area contributed by atoms with Gasteiger partial charge < -0.3 is 5.32 Å². The maximum absolute atomic E-state index is 12.9. The Hall–Kier alpha value is -1.99. The molecular weight excluding hydrogens is 329 g/mol. The summed E-state index contributed by atoms with van der Waals surface area (Å²) in [6.07, 6.45) is 1.33. The second-order valence-electron chi connectivity index (χ2n) is 6.03. The lowest BCUT2D eigenvalue weighted by Gasteiger charge is -2.29. The van der Waals surface area contributed by atoms with Crippen LogP contribution >= 0.6 is 0 Å². The van der Waals surface area contributed by atoms with E-state index in [1.54, 1.807) is 18.2 Å². The van der Waals surface area contributed by atoms with E-state index in [0.29, 0.717) is 11.5 Å². The van der Waals surface area contributed by atoms with Crippen LogP contribution in [0.2, 0.25) is 0 Å². The van der Waals surface area contributed by atoms with Crippen molar-refractivity contribution in [3.8, 4) is 0 Å². The summed E-state index contributed by atoms with van der Waals surface area (Å²) in [6.45, 7) is 7.37. The van der Waals surface area contributed by atoms with Gasteiger partial charge in [-0.25, -0.2) is 17.8 Å². The van der Waals surface area contributed by atoms with Crippen molar-refractivity contribution < 1.29 is 12.8 Å². The molecule has 0 bridgehead atoms. The maximum atomic E-state index is 12.9. The number of benzene rings is 1. The minimum atomic E-state index is -3.60. The van der Waals surface area contributed by atoms with Crippen LogP contribution in [0.4, 0.5) is 15.9 Å². The van der Waals surface area contributed by atoms with Crippen LogP contribution < -0.4 is 5.32 Å². The predicted molar refractivity (Wildman–Crippen MR) is 93.2 cm³/mol. The molecule has 0 saturated carbocycles. The Morgan fingerprint density at radius 3 is 2.04 bits per heavy atom. The van der Waals surface area contributed by atoms with Crippen LogP contribution in [0, 0.1) is 5.82 Å². The molecule has 7 heteroatoms. The van der Waals surface area contributed by atoms with Crippen LogP contribution in [0.5, 0.6) is 0 Å². The quantitative estimate of drug-likeness (QED) is 0.860. The number of anilines is 2. The highest BCUT2D eigenvalue weighted by Crippen LogP contribution is 2.22. The number of hydrogen-bond donors (Lipinski definition) is 1. The monoisotopic (exact) mass is 351 g/mol. The fourth-order valence-corrected chi connectivity index (χ4v) is 4.34. The largest absolute Gasteiger partial charge is 0.340 e. The van der Waals surface area contributed by atoms with E-state index in [9.17, 15) is 12.8 Å². The average Bonchev–Trinajstić information content (AvgIpc) is 2.49. The van der Waals surface area contributed by atoms with Crippen LogP contribution in [-0.2, 0) is 10.0 Å². The SMILES string of the molecule is CC(C)N(C(C)C)S(=O)(=O)c1ccc(Nc2ccc(F)cc2)nc1. The molecule has 0 atom stereocenters. The molecule has 0 saturated heterocycles. The lowest BCUT2D eigenvalue weighted by atomic mass is 10.3. The molecule has 0 amide bonds. The molecule has 0 aliphatic rings. The predicted octanol–water partition coefficient (Wildman–Crippen LogP) is 3.77. The number of pyridine rings is 1. The number of rotatable bonds is 6. The van der Waals surface area contributed by atoms with Crippen LogP contribution in [-0.4, -0.2) is 29.8 Å². The number of nitrogens with zero attached hydrogens (tertiary/aromatic N) is 2. The maximum Gasteiger partial charge on any atom is 0.245 e. The van der Waals surface area contributed by atoms with Crippen molar-refractivity contribution in [1.29, 1.82) is 0 Å². The lowest BCUT2D eigenvalue weighted by Crippen LogP contribution is -2.41. The van der Waals surface area contributed by atoms with Gasteiger partial charge in [-0.1, -0.05) is 0 Å². The van der Waals surface area contributed by atoms with Crippen molar-refractivity contribution in [2.75, 3.05) is 5.32 Å². The summed E-state index contributed by atoms with van der Waals surface area (Å²) in [5.41, 5.74) is 0.672. The Morgan fingerprint density at radius 1 is 1.00 bits per heavy atom. The van der Waals surface area contributed by atoms with E-state index in [1.807, 2.05) is 27.7 Å². The molecule has 0 spiro atoms. The molecule has 2 rings (SSSR count). The molecule has 0 radical (unpaired) electrons. The van der Waals surface area contributed by atoms with E-state index in [0.717, 1.165) is 0 Å². The van der Waals surface area contributed by atoms with E-state index < -0.39 is 10.0 Å². The van der Waals surface area contributed by atoms with Crippen molar-refractivity contribution >= 4 is 21.5 Å². The van der Waals surface area contributed by atoms with E-state index in [-0.39, 0.29) is 22.8 Å². The Morgan fingerprint density at radius 2 is 1.58 bits per heavy atom. The second kappa shape index (κ2) is 7.27. The molecule has 130 valence electrons. The first-order chi connectivity index (χ1) is 11.2. The summed E-state index contributed by atoms with van der Waals surface area (Å²) < 4.78 is 39.8. The fraction of sp³-hybridized carbons (Fsp3) is 0.353. The van der Waals surface area contributed by atoms with Crippen molar-refractivity contribution in [3.63, 3.8) is 0 Å². The third-order valence-electron chi connectivity index (χ3n) is 3.45. The summed E-state index contributed by atoms with van der Waals surface area (Å²) >= 11 is 0. The van der Waals surface area contributed by atoms with Gasteiger partial charge in [0.1, 0.15) is 16.5 Å². The first-order valence-electron chi connectivity index (χ1n) is 7.74. The van der Waals surface area contributed by atoms with Crippen LogP contribution in [0.1, 0.15) is 27.7 Å². The van der Waals surface area contributed by atoms with Crippen molar-refractivity contribution in [1.82, 2.24) is 9.29 Å². The third kappa shape index (κ3) is 4.10. The van der Waals surface area contributed by atoms with Gasteiger partial charge in [0, 0.05) is 24.0 Å². The number of halogens is 1. The average molecular weight is 351 g/mol. The van der Waals surface area contributed by atoms with Gasteiger partial charge in [0.2, 0.25) is 10.0 Å². The highest BCUT2D eigenvalue weighted by Gasteiger charge is 2.29. The number of sulfonamides is 1. The molecule has 1 aromatic heterocycles. The number of nitrogens with one attached hydrogen (secondary N) is 1. The summed E-state index contributed by atoms with van der Waals surface area (Å²) in [5, 5.41) is 3.00. The fourth-order valence-electron chi connectivity index (χ4n) is 2.56. The van der Waals surface area contributed by atoms with Gasteiger partial charge in [0.25, 0.3) is 0 Å². The molecule has 24 heavy (non-hydrogen) atoms. The summed E-state index contributed by atoms with van der Waals surface area (Å²) in [5.74, 6) is 0.165. The van der Waals surface area contributed by atoms with Crippen molar-refractivity contribution in [2.24, 2.45) is 0 Å². The zero-order valence-electron chi connectivity index (χ0n) is 14.2. The normalized spacial score (nSPS) is 12.2.